The lowest BCUT2D eigenvalue weighted by molar-refractivity contribution is -0.461. The molecule has 9 nitrogen and oxygen atoms in total. The Labute approximate surface area is 385 Å². The molecule has 2 atom stereocenters. The molecule has 0 aromatic heterocycles. The molecule has 0 bridgehead atoms. The molecule has 2 rings (SSSR count). The zero-order chi connectivity index (χ0) is 53.4. The number of hydrogen-bond acceptors (Lipinski definition) is 7. The average Bonchev–Trinajstić information content (AvgIpc) is 3.24. The predicted octanol–water partition coefficient (Wildman–Crippen LogP) is 13.6. The van der Waals surface area contributed by atoms with E-state index in [1.54, 1.807) is 50.3 Å². The second-order valence-corrected chi connectivity index (χ2v) is 21.3. The molecule has 392 valence electrons. The van der Waals surface area contributed by atoms with Crippen LogP contribution in [0.3, 0.4) is 0 Å². The van der Waals surface area contributed by atoms with Gasteiger partial charge in [0.2, 0.25) is 0 Å². The van der Waals surface area contributed by atoms with Gasteiger partial charge >= 0.3 is 53.7 Å². The van der Waals surface area contributed by atoms with Crippen LogP contribution < -0.4 is 20.3 Å². The normalized spacial score (nSPS) is 15.1. The minimum Gasteiger partial charge on any atom is -0.497 e. The van der Waals surface area contributed by atoms with Crippen LogP contribution in [0.5, 0.6) is 11.5 Å². The molecule has 0 aliphatic carbocycles. The highest BCUT2D eigenvalue weighted by Gasteiger charge is 2.95. The topological polar surface area (TPSA) is 115 Å². The highest BCUT2D eigenvalue weighted by atomic mass is 28.4. The van der Waals surface area contributed by atoms with E-state index in [1.165, 1.54) is 64.6 Å². The van der Waals surface area contributed by atoms with E-state index in [1.807, 2.05) is 0 Å². The lowest BCUT2D eigenvalue weighted by Crippen LogP contribution is -2.74. The minimum absolute atomic E-state index is 0.116. The summed E-state index contributed by atoms with van der Waals surface area (Å²) >= 11 is 0. The van der Waals surface area contributed by atoms with Gasteiger partial charge in [0.05, 0.1) is 13.7 Å². The minimum atomic E-state index is -8.71. The van der Waals surface area contributed by atoms with Crippen LogP contribution in [0.15, 0.2) is 72.3 Å². The van der Waals surface area contributed by atoms with Gasteiger partial charge in [0.1, 0.15) is 24.2 Å². The van der Waals surface area contributed by atoms with Gasteiger partial charge in [0, 0.05) is 24.1 Å². The summed E-state index contributed by atoms with van der Waals surface area (Å²) in [7, 11) is -2.58. The van der Waals surface area contributed by atoms with Crippen molar-refractivity contribution < 1.29 is 108 Å². The fourth-order valence-corrected chi connectivity index (χ4v) is 11.3. The number of ether oxygens (including phenoxy) is 3. The number of alkyl halides is 17. The summed E-state index contributed by atoms with van der Waals surface area (Å²) in [5, 5.41) is 11.3. The van der Waals surface area contributed by atoms with Crippen LogP contribution in [0.25, 0.3) is 0 Å². The van der Waals surface area contributed by atoms with Crippen molar-refractivity contribution >= 4 is 26.0 Å². The lowest BCUT2D eigenvalue weighted by atomic mass is 9.88. The Morgan fingerprint density at radius 2 is 1.16 bits per heavy atom. The number of benzene rings is 2. The molecule has 0 heterocycles. The van der Waals surface area contributed by atoms with Crippen molar-refractivity contribution in [2.24, 2.45) is 5.92 Å². The fourth-order valence-electron chi connectivity index (χ4n) is 6.83. The summed E-state index contributed by atoms with van der Waals surface area (Å²) in [6.45, 7) is 7.61. The Hall–Kier alpha value is -4.79. The summed E-state index contributed by atoms with van der Waals surface area (Å²) in [4.78, 5) is 24.5. The third kappa shape index (κ3) is 13.0. The summed E-state index contributed by atoms with van der Waals surface area (Å²) in [6.07, 6.45) is -7.56. The predicted molar refractivity (Wildman–Crippen MR) is 216 cm³/mol. The Morgan fingerprint density at radius 3 is 1.62 bits per heavy atom. The van der Waals surface area contributed by atoms with Crippen LogP contribution in [0.1, 0.15) is 66.1 Å². The summed E-state index contributed by atoms with van der Waals surface area (Å²) in [5.41, 5.74) is 0.917. The molecule has 0 spiro atoms. The smallest absolute Gasteiger partial charge is 0.460 e. The van der Waals surface area contributed by atoms with Crippen LogP contribution in [0.4, 0.5) is 85.1 Å². The number of hydroxylamine groups is 1. The number of halogens is 17. The molecule has 0 saturated heterocycles. The number of nitrogens with one attached hydrogen (secondary N) is 2. The van der Waals surface area contributed by atoms with E-state index in [9.17, 15) is 75.4 Å². The van der Waals surface area contributed by atoms with Crippen molar-refractivity contribution in [2.45, 2.75) is 125 Å². The highest BCUT2D eigenvalue weighted by molar-refractivity contribution is 6.76. The van der Waals surface area contributed by atoms with Crippen LogP contribution in [0.2, 0.25) is 17.1 Å². The van der Waals surface area contributed by atoms with E-state index in [4.69, 9.17) is 23.8 Å². The van der Waals surface area contributed by atoms with Gasteiger partial charge in [-0.15, -0.1) is 0 Å². The molecule has 2 amide bonds. The molecule has 0 saturated carbocycles. The van der Waals surface area contributed by atoms with Gasteiger partial charge in [-0.05, 0) is 78.0 Å². The number of hydrogen-bond donors (Lipinski definition) is 3. The Balaban J connectivity index is 2.31. The summed E-state index contributed by atoms with van der Waals surface area (Å²) < 4.78 is 259. The largest absolute Gasteiger partial charge is 0.497 e. The van der Waals surface area contributed by atoms with Crippen molar-refractivity contribution in [1.82, 2.24) is 5.48 Å². The van der Waals surface area contributed by atoms with Crippen molar-refractivity contribution in [2.75, 3.05) is 25.6 Å². The fraction of sp³-hybridized carbons (Fsp3) is 0.571. The molecule has 0 unspecified atom stereocenters. The molecule has 3 N–H and O–H groups in total. The van der Waals surface area contributed by atoms with Gasteiger partial charge in [-0.25, -0.2) is 10.3 Å². The van der Waals surface area contributed by atoms with Gasteiger partial charge in [0.15, 0.2) is 8.32 Å². The van der Waals surface area contributed by atoms with Gasteiger partial charge in [-0.3, -0.25) is 15.3 Å². The van der Waals surface area contributed by atoms with E-state index >= 15 is 8.78 Å². The number of carbonyl (C=O) groups is 2. The quantitative estimate of drug-likeness (QED) is 0.0173. The van der Waals surface area contributed by atoms with Crippen molar-refractivity contribution in [1.29, 1.82) is 0 Å². The van der Waals surface area contributed by atoms with E-state index in [-0.39, 0.29) is 12.2 Å². The third-order valence-electron chi connectivity index (χ3n) is 10.9. The highest BCUT2D eigenvalue weighted by Crippen LogP contribution is 2.64. The summed E-state index contributed by atoms with van der Waals surface area (Å²) in [5.74, 6) is -57.5. The van der Waals surface area contributed by atoms with E-state index < -0.39 is 117 Å². The van der Waals surface area contributed by atoms with Crippen LogP contribution in [-0.4, -0.2) is 93.5 Å². The molecular weight excluding hydrogens is 996 g/mol. The maximum Gasteiger partial charge on any atom is 0.460 e. The Bertz CT molecular complexity index is 2060. The number of carbonyl (C=O) groups excluding carboxylic acids is 2. The number of anilines is 1. The Kier molecular flexibility index (Phi) is 19.7. The molecule has 0 aliphatic rings. The summed E-state index contributed by atoms with van der Waals surface area (Å²) in [6, 6.07) is 10.8. The lowest BCUT2D eigenvalue weighted by Gasteiger charge is -2.44. The van der Waals surface area contributed by atoms with Gasteiger partial charge in [0.25, 0.3) is 5.91 Å². The molecular formula is C42H49F17N2O7Si. The van der Waals surface area contributed by atoms with Gasteiger partial charge in [-0.1, -0.05) is 58.9 Å². The van der Waals surface area contributed by atoms with Crippen molar-refractivity contribution in [3.63, 3.8) is 0 Å². The monoisotopic (exact) mass is 1040 g/mol. The van der Waals surface area contributed by atoms with E-state index in [0.29, 0.717) is 22.6 Å². The molecule has 0 aliphatic heterocycles. The first kappa shape index (κ1) is 60.3. The number of amides is 2. The third-order valence-corrected chi connectivity index (χ3v) is 16.6. The van der Waals surface area contributed by atoms with Crippen LogP contribution in [0, 0.1) is 5.92 Å². The first-order valence-corrected chi connectivity index (χ1v) is 22.6. The zero-order valence-corrected chi connectivity index (χ0v) is 38.5. The molecule has 69 heavy (non-hydrogen) atoms. The average molecular weight is 1040 g/mol. The van der Waals surface area contributed by atoms with Gasteiger partial charge < -0.3 is 18.6 Å². The van der Waals surface area contributed by atoms with Crippen molar-refractivity contribution in [3.05, 3.63) is 77.9 Å². The number of allylic oxidation sites excluding steroid dienone is 3. The van der Waals surface area contributed by atoms with E-state index in [0.717, 1.165) is 6.08 Å². The standard InChI is InChI=1S/C42H49F17N2O7Si/c1-24(2)69(25(3)4,22-19-35(43,44)36(45,46)37(47,48)38(49,50)39(51,52)40(53,54)41(55,56)42(57,58)59)67-21-20-66-31-15-11-28(12-16-31)33(27(6)10-8-9-26(5)23-32(62)61-64)68-34(63)60-29-13-17-30(65-7)18-14-29/h8-9,11-18,23-25,27,33,64H,10,19-22H2,1-7H3,(H,60,63)(H,61,62)/b9-8+,26-23+/t27-,33-/m1/s1. The molecule has 0 radical (unpaired) electrons. The number of methoxy groups -OCH3 is 1. The SMILES string of the molecule is COc1ccc(NC(=O)O[C@@H](c2ccc(OCCO[Si](CCC(F)(F)C(F)(F)C(F)(F)C(F)(F)C(F)(F)C(F)(F)C(F)(F)C(F)(F)F)(C(C)C)C(C)C)cc2)[C@H](C)C/C=C/C(C)=C/C(=O)NO)cc1. The maximum absolute atomic E-state index is 15.0. The van der Waals surface area contributed by atoms with E-state index in [2.05, 4.69) is 5.32 Å². The maximum atomic E-state index is 15.0. The Morgan fingerprint density at radius 1 is 0.681 bits per heavy atom. The molecule has 27 heteroatoms. The van der Waals surface area contributed by atoms with Crippen LogP contribution in [-0.2, 0) is 14.0 Å². The number of rotatable bonds is 25. The van der Waals surface area contributed by atoms with Crippen molar-refractivity contribution in [3.8, 4) is 11.5 Å². The zero-order valence-electron chi connectivity index (χ0n) is 37.5. The van der Waals surface area contributed by atoms with Gasteiger partial charge in [-0.2, -0.15) is 74.6 Å². The molecule has 2 aromatic rings. The molecule has 0 fully saturated rings. The molecule has 2 aromatic carbocycles. The first-order chi connectivity index (χ1) is 31.3. The van der Waals surface area contributed by atoms with Crippen LogP contribution >= 0.6 is 0 Å². The second kappa shape index (κ2) is 22.5. The first-order valence-electron chi connectivity index (χ1n) is 20.3. The second-order valence-electron chi connectivity index (χ2n) is 16.3.